The van der Waals surface area contributed by atoms with E-state index in [1.54, 1.807) is 4.90 Å². The van der Waals surface area contributed by atoms with Gasteiger partial charge in [-0.3, -0.25) is 14.0 Å². The molecule has 3 rings (SSSR count). The first-order valence-electron chi connectivity index (χ1n) is 7.72. The van der Waals surface area contributed by atoms with E-state index in [0.29, 0.717) is 12.2 Å². The Morgan fingerprint density at radius 2 is 2.22 bits per heavy atom. The fourth-order valence-corrected chi connectivity index (χ4v) is 3.70. The Morgan fingerprint density at radius 3 is 2.96 bits per heavy atom. The number of pyridine rings is 1. The van der Waals surface area contributed by atoms with Crippen molar-refractivity contribution in [3.8, 4) is 0 Å². The molecule has 2 aromatic heterocycles. The van der Waals surface area contributed by atoms with E-state index in [-0.39, 0.29) is 24.3 Å². The lowest BCUT2D eigenvalue weighted by atomic mass is 9.98. The predicted molar refractivity (Wildman–Crippen MR) is 89.5 cm³/mol. The van der Waals surface area contributed by atoms with Crippen molar-refractivity contribution < 1.29 is 9.59 Å². The zero-order valence-electron chi connectivity index (χ0n) is 13.1. The zero-order chi connectivity index (χ0) is 16.4. The Morgan fingerprint density at radius 1 is 1.39 bits per heavy atom. The van der Waals surface area contributed by atoms with E-state index in [2.05, 4.69) is 4.98 Å². The molecule has 2 aromatic rings. The Balaban J connectivity index is 1.97. The van der Waals surface area contributed by atoms with E-state index in [9.17, 15) is 9.59 Å². The number of nitrogens with zero attached hydrogens (tertiary/aromatic N) is 3. The molecule has 2 N–H and O–H groups in total. The molecule has 1 aliphatic rings. The van der Waals surface area contributed by atoms with Gasteiger partial charge in [-0.2, -0.15) is 0 Å². The van der Waals surface area contributed by atoms with Crippen molar-refractivity contribution in [3.63, 3.8) is 0 Å². The van der Waals surface area contributed by atoms with Crippen LogP contribution in [-0.4, -0.2) is 44.9 Å². The molecular formula is C16H20N4O2S. The number of imidazole rings is 1. The van der Waals surface area contributed by atoms with Gasteiger partial charge in [0.1, 0.15) is 0 Å². The summed E-state index contributed by atoms with van der Waals surface area (Å²) in [6.07, 6.45) is 6.83. The van der Waals surface area contributed by atoms with Crippen molar-refractivity contribution in [1.82, 2.24) is 14.3 Å². The highest BCUT2D eigenvalue weighted by Gasteiger charge is 2.31. The van der Waals surface area contributed by atoms with Gasteiger partial charge in [-0.25, -0.2) is 4.98 Å². The number of amides is 2. The first-order valence-corrected chi connectivity index (χ1v) is 8.94. The number of thioether (sulfide) groups is 1. The van der Waals surface area contributed by atoms with Gasteiger partial charge in [0.2, 0.25) is 5.91 Å². The Hall–Kier alpha value is -2.02. The third kappa shape index (κ3) is 3.06. The lowest BCUT2D eigenvalue weighted by Gasteiger charge is -2.34. The van der Waals surface area contributed by atoms with E-state index in [4.69, 9.17) is 5.73 Å². The van der Waals surface area contributed by atoms with Crippen molar-refractivity contribution >= 4 is 29.1 Å². The van der Waals surface area contributed by atoms with Gasteiger partial charge in [-0.1, -0.05) is 17.8 Å². The standard InChI is InChI=1S/C16H20N4O2S/c1-23-16-18-14(12-7-3-5-9-20(12)16)15(22)19-8-4-2-6-11(19)10-13(17)21/h3,5,7,9,11H,2,4,6,8,10H2,1H3,(H2,17,21)/t11-/m1/s1. The molecule has 1 aliphatic heterocycles. The van der Waals surface area contributed by atoms with Crippen LogP contribution in [0.4, 0.5) is 0 Å². The second-order valence-corrected chi connectivity index (χ2v) is 6.49. The van der Waals surface area contributed by atoms with Crippen LogP contribution in [0.25, 0.3) is 5.52 Å². The third-order valence-corrected chi connectivity index (χ3v) is 4.88. The average Bonchev–Trinajstić information content (AvgIpc) is 2.93. The smallest absolute Gasteiger partial charge is 0.275 e. The van der Waals surface area contributed by atoms with E-state index < -0.39 is 0 Å². The van der Waals surface area contributed by atoms with Gasteiger partial charge < -0.3 is 10.6 Å². The summed E-state index contributed by atoms with van der Waals surface area (Å²) in [5.74, 6) is -0.478. The molecule has 122 valence electrons. The summed E-state index contributed by atoms with van der Waals surface area (Å²) in [5.41, 5.74) is 6.59. The highest BCUT2D eigenvalue weighted by molar-refractivity contribution is 7.98. The van der Waals surface area contributed by atoms with Gasteiger partial charge >= 0.3 is 0 Å². The number of nitrogens with two attached hydrogens (primary N) is 1. The van der Waals surface area contributed by atoms with Crippen LogP contribution in [0.2, 0.25) is 0 Å². The molecule has 3 heterocycles. The minimum atomic E-state index is -0.366. The molecule has 2 amide bonds. The fourth-order valence-electron chi connectivity index (χ4n) is 3.16. The lowest BCUT2D eigenvalue weighted by Crippen LogP contribution is -2.45. The highest BCUT2D eigenvalue weighted by Crippen LogP contribution is 2.25. The van der Waals surface area contributed by atoms with Crippen LogP contribution in [0.1, 0.15) is 36.2 Å². The van der Waals surface area contributed by atoms with Crippen LogP contribution in [0.15, 0.2) is 29.6 Å². The quantitative estimate of drug-likeness (QED) is 0.868. The largest absolute Gasteiger partial charge is 0.370 e. The Bertz CT molecular complexity index is 743. The molecule has 0 aromatic carbocycles. The van der Waals surface area contributed by atoms with Gasteiger partial charge in [0.25, 0.3) is 5.91 Å². The van der Waals surface area contributed by atoms with Gasteiger partial charge in [0, 0.05) is 25.2 Å². The van der Waals surface area contributed by atoms with E-state index in [0.717, 1.165) is 29.9 Å². The maximum atomic E-state index is 13.0. The number of likely N-dealkylation sites (tertiary alicyclic amines) is 1. The van der Waals surface area contributed by atoms with Gasteiger partial charge in [-0.05, 0) is 37.7 Å². The van der Waals surface area contributed by atoms with Crippen molar-refractivity contribution in [2.45, 2.75) is 36.9 Å². The summed E-state index contributed by atoms with van der Waals surface area (Å²) < 4.78 is 1.92. The molecule has 6 nitrogen and oxygen atoms in total. The number of carbonyl (C=O) groups is 2. The molecule has 1 atom stereocenters. The monoisotopic (exact) mass is 332 g/mol. The summed E-state index contributed by atoms with van der Waals surface area (Å²) in [7, 11) is 0. The molecule has 0 aliphatic carbocycles. The number of rotatable bonds is 4. The lowest BCUT2D eigenvalue weighted by molar-refractivity contribution is -0.119. The van der Waals surface area contributed by atoms with Gasteiger partial charge in [-0.15, -0.1) is 0 Å². The van der Waals surface area contributed by atoms with E-state index in [1.807, 2.05) is 35.1 Å². The van der Waals surface area contributed by atoms with Crippen LogP contribution in [0, 0.1) is 0 Å². The number of piperidine rings is 1. The van der Waals surface area contributed by atoms with Crippen molar-refractivity contribution in [2.75, 3.05) is 12.8 Å². The minimum Gasteiger partial charge on any atom is -0.370 e. The average molecular weight is 332 g/mol. The molecule has 0 bridgehead atoms. The summed E-state index contributed by atoms with van der Waals surface area (Å²) in [4.78, 5) is 30.6. The van der Waals surface area contributed by atoms with Crippen molar-refractivity contribution in [1.29, 1.82) is 0 Å². The van der Waals surface area contributed by atoms with Crippen LogP contribution in [-0.2, 0) is 4.79 Å². The first-order chi connectivity index (χ1) is 11.1. The molecule has 0 saturated carbocycles. The highest BCUT2D eigenvalue weighted by atomic mass is 32.2. The van der Waals surface area contributed by atoms with Crippen LogP contribution in [0.5, 0.6) is 0 Å². The summed E-state index contributed by atoms with van der Waals surface area (Å²) in [6.45, 7) is 0.650. The zero-order valence-corrected chi connectivity index (χ0v) is 13.9. The molecule has 1 saturated heterocycles. The predicted octanol–water partition coefficient (Wildman–Crippen LogP) is 1.93. The maximum absolute atomic E-state index is 13.0. The summed E-state index contributed by atoms with van der Waals surface area (Å²) >= 11 is 1.50. The molecule has 23 heavy (non-hydrogen) atoms. The normalized spacial score (nSPS) is 18.3. The first kappa shape index (κ1) is 15.9. The van der Waals surface area contributed by atoms with Crippen LogP contribution >= 0.6 is 11.8 Å². The van der Waals surface area contributed by atoms with Crippen LogP contribution in [0.3, 0.4) is 0 Å². The Labute approximate surface area is 139 Å². The van der Waals surface area contributed by atoms with E-state index >= 15 is 0 Å². The van der Waals surface area contributed by atoms with Crippen molar-refractivity contribution in [3.05, 3.63) is 30.1 Å². The number of primary amides is 1. The molecule has 7 heteroatoms. The minimum absolute atomic E-state index is 0.111. The number of fused-ring (bicyclic) bond motifs is 1. The molecule has 0 unspecified atom stereocenters. The van der Waals surface area contributed by atoms with Crippen LogP contribution < -0.4 is 5.73 Å². The molecule has 1 fully saturated rings. The summed E-state index contributed by atoms with van der Waals surface area (Å²) in [5, 5.41) is 0.785. The number of hydrogen-bond donors (Lipinski definition) is 1. The molecule has 0 spiro atoms. The van der Waals surface area contributed by atoms with Gasteiger partial charge in [0.15, 0.2) is 10.9 Å². The molecular weight excluding hydrogens is 312 g/mol. The second kappa shape index (κ2) is 6.62. The topological polar surface area (TPSA) is 80.7 Å². The fraction of sp³-hybridized carbons (Fsp3) is 0.438. The Kier molecular flexibility index (Phi) is 4.56. The maximum Gasteiger partial charge on any atom is 0.275 e. The van der Waals surface area contributed by atoms with Gasteiger partial charge in [0.05, 0.1) is 5.52 Å². The molecule has 0 radical (unpaired) electrons. The number of aromatic nitrogens is 2. The van der Waals surface area contributed by atoms with Crippen molar-refractivity contribution in [2.24, 2.45) is 5.73 Å². The second-order valence-electron chi connectivity index (χ2n) is 5.72. The summed E-state index contributed by atoms with van der Waals surface area (Å²) in [6, 6.07) is 5.59. The van der Waals surface area contributed by atoms with E-state index in [1.165, 1.54) is 11.8 Å². The number of carbonyl (C=O) groups excluding carboxylic acids is 2. The number of hydrogen-bond acceptors (Lipinski definition) is 4. The third-order valence-electron chi connectivity index (χ3n) is 4.23. The SMILES string of the molecule is CSc1nc(C(=O)N2CCCC[C@@H]2CC(N)=O)c2ccccn12.